The zero-order valence-corrected chi connectivity index (χ0v) is 14.2. The third-order valence-electron chi connectivity index (χ3n) is 3.72. The number of hydrogen-bond acceptors (Lipinski definition) is 3. The molecule has 0 aliphatic rings. The van der Waals surface area contributed by atoms with Gasteiger partial charge in [0.15, 0.2) is 0 Å². The topological polar surface area (TPSA) is 50.4 Å². The van der Waals surface area contributed by atoms with Crippen LogP contribution in [0.1, 0.15) is 23.1 Å². The van der Waals surface area contributed by atoms with E-state index in [9.17, 15) is 4.79 Å². The molecule has 0 saturated heterocycles. The average molecular weight is 312 g/mol. The summed E-state index contributed by atoms with van der Waals surface area (Å²) in [6.07, 6.45) is 0.394. The van der Waals surface area contributed by atoms with Crippen molar-refractivity contribution >= 4 is 17.3 Å². The Morgan fingerprint density at radius 3 is 2.39 bits per heavy atom. The van der Waals surface area contributed by atoms with Gasteiger partial charge in [-0.15, -0.1) is 0 Å². The van der Waals surface area contributed by atoms with Crippen LogP contribution in [0.15, 0.2) is 36.4 Å². The minimum Gasteiger partial charge on any atom is -0.495 e. The lowest BCUT2D eigenvalue weighted by molar-refractivity contribution is -0.115. The maximum Gasteiger partial charge on any atom is 0.226 e. The molecule has 0 aromatic heterocycles. The molecule has 0 radical (unpaired) electrons. The Kier molecular flexibility index (Phi) is 5.63. The van der Waals surface area contributed by atoms with Crippen molar-refractivity contribution in [2.45, 2.75) is 27.2 Å². The lowest BCUT2D eigenvalue weighted by Crippen LogP contribution is -2.17. The average Bonchev–Trinajstić information content (AvgIpc) is 2.51. The lowest BCUT2D eigenvalue weighted by Gasteiger charge is -2.14. The number of nitrogens with one attached hydrogen (secondary N) is 2. The monoisotopic (exact) mass is 312 g/mol. The summed E-state index contributed by atoms with van der Waals surface area (Å²) in [5.74, 6) is 0.778. The molecule has 1 amide bonds. The molecule has 2 aromatic rings. The highest BCUT2D eigenvalue weighted by Gasteiger charge is 2.08. The molecule has 0 aliphatic carbocycles. The Bertz CT molecular complexity index is 673. The third-order valence-corrected chi connectivity index (χ3v) is 3.72. The number of aryl methyl sites for hydroxylation is 3. The molecule has 0 spiro atoms. The number of rotatable bonds is 6. The quantitative estimate of drug-likeness (QED) is 0.845. The fourth-order valence-electron chi connectivity index (χ4n) is 2.68. The first-order valence-electron chi connectivity index (χ1n) is 7.76. The highest BCUT2D eigenvalue weighted by molar-refractivity contribution is 5.92. The van der Waals surface area contributed by atoms with E-state index in [4.69, 9.17) is 4.74 Å². The second kappa shape index (κ2) is 7.68. The fraction of sp³-hybridized carbons (Fsp3) is 0.316. The Balaban J connectivity index is 1.91. The number of anilines is 2. The predicted octanol–water partition coefficient (Wildman–Crippen LogP) is 4.06. The highest BCUT2D eigenvalue weighted by atomic mass is 16.5. The van der Waals surface area contributed by atoms with E-state index in [1.807, 2.05) is 38.1 Å². The molecular weight excluding hydrogens is 288 g/mol. The van der Waals surface area contributed by atoms with Gasteiger partial charge in [-0.25, -0.2) is 0 Å². The van der Waals surface area contributed by atoms with E-state index in [2.05, 4.69) is 29.7 Å². The molecule has 0 aliphatic heterocycles. The first kappa shape index (κ1) is 16.9. The van der Waals surface area contributed by atoms with Crippen LogP contribution in [-0.4, -0.2) is 19.6 Å². The normalized spacial score (nSPS) is 10.3. The summed E-state index contributed by atoms with van der Waals surface area (Å²) in [6.45, 7) is 6.64. The van der Waals surface area contributed by atoms with Crippen molar-refractivity contribution in [1.82, 2.24) is 0 Å². The summed E-state index contributed by atoms with van der Waals surface area (Å²) in [4.78, 5) is 12.2. The molecule has 4 heteroatoms. The van der Waals surface area contributed by atoms with E-state index < -0.39 is 0 Å². The summed E-state index contributed by atoms with van der Waals surface area (Å²) in [5, 5.41) is 6.24. The van der Waals surface area contributed by atoms with Crippen molar-refractivity contribution in [3.05, 3.63) is 53.1 Å². The van der Waals surface area contributed by atoms with Crippen LogP contribution in [0, 0.1) is 20.8 Å². The number of carbonyl (C=O) groups is 1. The Labute approximate surface area is 137 Å². The molecule has 2 rings (SSSR count). The Morgan fingerprint density at radius 2 is 1.74 bits per heavy atom. The predicted molar refractivity (Wildman–Crippen MR) is 95.4 cm³/mol. The maximum atomic E-state index is 12.2. The molecule has 0 saturated carbocycles. The van der Waals surface area contributed by atoms with Crippen molar-refractivity contribution in [2.75, 3.05) is 24.3 Å². The first-order chi connectivity index (χ1) is 11.0. The van der Waals surface area contributed by atoms with E-state index in [1.165, 1.54) is 5.56 Å². The smallest absolute Gasteiger partial charge is 0.226 e. The van der Waals surface area contributed by atoms with Crippen molar-refractivity contribution in [3.8, 4) is 5.75 Å². The summed E-state index contributed by atoms with van der Waals surface area (Å²) in [7, 11) is 1.64. The van der Waals surface area contributed by atoms with E-state index in [0.717, 1.165) is 28.3 Å². The van der Waals surface area contributed by atoms with Gasteiger partial charge in [-0.2, -0.15) is 0 Å². The Hall–Kier alpha value is -2.49. The van der Waals surface area contributed by atoms with Gasteiger partial charge in [-0.1, -0.05) is 29.8 Å². The second-order valence-corrected chi connectivity index (χ2v) is 5.70. The fourth-order valence-corrected chi connectivity index (χ4v) is 2.68. The van der Waals surface area contributed by atoms with Crippen LogP contribution in [0.2, 0.25) is 0 Å². The molecule has 0 fully saturated rings. The summed E-state index contributed by atoms with van der Waals surface area (Å²) >= 11 is 0. The second-order valence-electron chi connectivity index (χ2n) is 5.70. The van der Waals surface area contributed by atoms with E-state index >= 15 is 0 Å². The van der Waals surface area contributed by atoms with Gasteiger partial charge in [0.1, 0.15) is 5.75 Å². The number of amides is 1. The van der Waals surface area contributed by atoms with Crippen LogP contribution >= 0.6 is 0 Å². The third kappa shape index (κ3) is 4.49. The van der Waals surface area contributed by atoms with Crippen LogP contribution in [0.4, 0.5) is 11.4 Å². The van der Waals surface area contributed by atoms with Gasteiger partial charge >= 0.3 is 0 Å². The highest BCUT2D eigenvalue weighted by Crippen LogP contribution is 2.23. The molecule has 0 unspecified atom stereocenters. The van der Waals surface area contributed by atoms with Gasteiger partial charge < -0.3 is 15.4 Å². The standard InChI is InChI=1S/C19H24N2O2/c1-13-11-14(2)19(15(3)12-13)21-18(22)9-10-20-16-7-5-6-8-17(16)23-4/h5-8,11-12,20H,9-10H2,1-4H3,(H,21,22). The molecular formula is C19H24N2O2. The summed E-state index contributed by atoms with van der Waals surface area (Å²) in [5.41, 5.74) is 5.20. The number of carbonyl (C=O) groups excluding carboxylic acids is 1. The van der Waals surface area contributed by atoms with Gasteiger partial charge in [0, 0.05) is 18.7 Å². The number of hydrogen-bond donors (Lipinski definition) is 2. The molecule has 122 valence electrons. The van der Waals surface area contributed by atoms with Crippen LogP contribution in [-0.2, 0) is 4.79 Å². The van der Waals surface area contributed by atoms with Crippen molar-refractivity contribution in [3.63, 3.8) is 0 Å². The van der Waals surface area contributed by atoms with Gasteiger partial charge in [0.05, 0.1) is 12.8 Å². The molecule has 0 atom stereocenters. The largest absolute Gasteiger partial charge is 0.495 e. The SMILES string of the molecule is COc1ccccc1NCCC(=O)Nc1c(C)cc(C)cc1C. The molecule has 23 heavy (non-hydrogen) atoms. The van der Waals surface area contributed by atoms with Gasteiger partial charge in [-0.05, 0) is 44.0 Å². The minimum absolute atomic E-state index is 0.00227. The number of methoxy groups -OCH3 is 1. The summed E-state index contributed by atoms with van der Waals surface area (Å²) < 4.78 is 5.28. The van der Waals surface area contributed by atoms with Gasteiger partial charge in [0.2, 0.25) is 5.91 Å². The lowest BCUT2D eigenvalue weighted by atomic mass is 10.1. The van der Waals surface area contributed by atoms with Crippen LogP contribution in [0.5, 0.6) is 5.75 Å². The van der Waals surface area contributed by atoms with Crippen LogP contribution in [0.3, 0.4) is 0 Å². The molecule has 0 bridgehead atoms. The van der Waals surface area contributed by atoms with E-state index in [0.29, 0.717) is 13.0 Å². The number of para-hydroxylation sites is 2. The number of benzene rings is 2. The van der Waals surface area contributed by atoms with E-state index in [1.54, 1.807) is 7.11 Å². The zero-order chi connectivity index (χ0) is 16.8. The molecule has 0 heterocycles. The van der Waals surface area contributed by atoms with Gasteiger partial charge in [0.25, 0.3) is 0 Å². The van der Waals surface area contributed by atoms with Crippen LogP contribution in [0.25, 0.3) is 0 Å². The van der Waals surface area contributed by atoms with Gasteiger partial charge in [-0.3, -0.25) is 4.79 Å². The van der Waals surface area contributed by atoms with E-state index in [-0.39, 0.29) is 5.91 Å². The molecule has 2 aromatic carbocycles. The van der Waals surface area contributed by atoms with Crippen LogP contribution < -0.4 is 15.4 Å². The van der Waals surface area contributed by atoms with Crippen molar-refractivity contribution in [1.29, 1.82) is 0 Å². The summed E-state index contributed by atoms with van der Waals surface area (Å²) in [6, 6.07) is 11.8. The molecule has 4 nitrogen and oxygen atoms in total. The first-order valence-corrected chi connectivity index (χ1v) is 7.76. The van der Waals surface area contributed by atoms with Crippen molar-refractivity contribution in [2.24, 2.45) is 0 Å². The molecule has 2 N–H and O–H groups in total. The zero-order valence-electron chi connectivity index (χ0n) is 14.2. The Morgan fingerprint density at radius 1 is 1.09 bits per heavy atom. The minimum atomic E-state index is 0.00227. The maximum absolute atomic E-state index is 12.2. The number of ether oxygens (including phenoxy) is 1. The van der Waals surface area contributed by atoms with Crippen molar-refractivity contribution < 1.29 is 9.53 Å².